The van der Waals surface area contributed by atoms with Crippen LogP contribution in [0.2, 0.25) is 10.0 Å². The monoisotopic (exact) mass is 445 g/mol. The summed E-state index contributed by atoms with van der Waals surface area (Å²) in [5.41, 5.74) is 5.67. The summed E-state index contributed by atoms with van der Waals surface area (Å²) in [6.45, 7) is -0.0755. The number of aromatic nitrogens is 3. The Morgan fingerprint density at radius 2 is 1.65 bits per heavy atom. The van der Waals surface area contributed by atoms with Crippen molar-refractivity contribution >= 4 is 34.1 Å². The van der Waals surface area contributed by atoms with E-state index in [0.717, 1.165) is 44.7 Å². The van der Waals surface area contributed by atoms with Gasteiger partial charge in [0.15, 0.2) is 0 Å². The zero-order chi connectivity index (χ0) is 21.4. The molecule has 3 aromatic carbocycles. The molecule has 5 aromatic rings. The van der Waals surface area contributed by atoms with Gasteiger partial charge in [0.1, 0.15) is 5.69 Å². The van der Waals surface area contributed by atoms with Gasteiger partial charge in [0.2, 0.25) is 0 Å². The van der Waals surface area contributed by atoms with E-state index in [0.29, 0.717) is 10.0 Å². The Hall–Kier alpha value is -3.18. The third-order valence-electron chi connectivity index (χ3n) is 5.17. The average molecular weight is 446 g/mol. The standard InChI is InChI=1S/C25H17Cl2N3O/c26-18-10-11-24(21(27)13-18)30-14-20(25(29-30)16-6-2-1-3-7-16)23-12-17(15-31)19-8-4-5-9-22(19)28-23/h1-14,31H,15H2. The smallest absolute Gasteiger partial charge is 0.102 e. The van der Waals surface area contributed by atoms with Crippen LogP contribution in [0, 0.1) is 0 Å². The quantitative estimate of drug-likeness (QED) is 0.341. The van der Waals surface area contributed by atoms with E-state index in [1.54, 1.807) is 16.8 Å². The van der Waals surface area contributed by atoms with Crippen molar-refractivity contribution in [3.05, 3.63) is 101 Å². The highest BCUT2D eigenvalue weighted by atomic mass is 35.5. The summed E-state index contributed by atoms with van der Waals surface area (Å²) in [6.07, 6.45) is 1.91. The van der Waals surface area contributed by atoms with Crippen LogP contribution in [0.3, 0.4) is 0 Å². The van der Waals surface area contributed by atoms with Crippen LogP contribution in [0.1, 0.15) is 5.56 Å². The van der Waals surface area contributed by atoms with Crippen LogP contribution in [0.5, 0.6) is 0 Å². The number of hydrogen-bond donors (Lipinski definition) is 1. The molecule has 0 saturated carbocycles. The molecule has 31 heavy (non-hydrogen) atoms. The molecule has 0 aliphatic carbocycles. The normalized spacial score (nSPS) is 11.2. The van der Waals surface area contributed by atoms with Gasteiger partial charge in [0.25, 0.3) is 0 Å². The summed E-state index contributed by atoms with van der Waals surface area (Å²) < 4.78 is 1.74. The fourth-order valence-electron chi connectivity index (χ4n) is 3.68. The zero-order valence-electron chi connectivity index (χ0n) is 16.3. The fraction of sp³-hybridized carbons (Fsp3) is 0.0400. The van der Waals surface area contributed by atoms with E-state index < -0.39 is 0 Å². The highest BCUT2D eigenvalue weighted by molar-refractivity contribution is 6.35. The number of nitrogens with zero attached hydrogens (tertiary/aromatic N) is 3. The molecule has 152 valence electrons. The Balaban J connectivity index is 1.76. The van der Waals surface area contributed by atoms with Crippen molar-refractivity contribution in [1.29, 1.82) is 0 Å². The molecule has 0 fully saturated rings. The average Bonchev–Trinajstić information content (AvgIpc) is 3.24. The Morgan fingerprint density at radius 1 is 0.871 bits per heavy atom. The van der Waals surface area contributed by atoms with E-state index in [-0.39, 0.29) is 6.61 Å². The van der Waals surface area contributed by atoms with Crippen LogP contribution >= 0.6 is 23.2 Å². The van der Waals surface area contributed by atoms with Gasteiger partial charge >= 0.3 is 0 Å². The molecular weight excluding hydrogens is 429 g/mol. The number of para-hydroxylation sites is 1. The SMILES string of the molecule is OCc1cc(-c2cn(-c3ccc(Cl)cc3Cl)nc2-c2ccccc2)nc2ccccc12. The summed E-state index contributed by atoms with van der Waals surface area (Å²) in [4.78, 5) is 4.87. The predicted octanol–water partition coefficient (Wildman–Crippen LogP) is 6.55. The molecule has 0 amide bonds. The second-order valence-electron chi connectivity index (χ2n) is 7.14. The predicted molar refractivity (Wildman–Crippen MR) is 126 cm³/mol. The topological polar surface area (TPSA) is 50.9 Å². The van der Waals surface area contributed by atoms with E-state index >= 15 is 0 Å². The van der Waals surface area contributed by atoms with Crippen molar-refractivity contribution in [2.24, 2.45) is 0 Å². The van der Waals surface area contributed by atoms with Crippen LogP contribution < -0.4 is 0 Å². The maximum Gasteiger partial charge on any atom is 0.102 e. The zero-order valence-corrected chi connectivity index (χ0v) is 17.8. The molecule has 6 heteroatoms. The van der Waals surface area contributed by atoms with E-state index in [9.17, 15) is 5.11 Å². The number of halogens is 2. The second kappa shape index (κ2) is 8.16. The maximum atomic E-state index is 9.96. The van der Waals surface area contributed by atoms with Gasteiger partial charge in [0, 0.05) is 27.7 Å². The lowest BCUT2D eigenvalue weighted by Crippen LogP contribution is -1.95. The van der Waals surface area contributed by atoms with Crippen molar-refractivity contribution in [2.45, 2.75) is 6.61 Å². The molecular formula is C25H17Cl2N3O. The number of fused-ring (bicyclic) bond motifs is 1. The Labute approximate surface area is 189 Å². The molecule has 0 spiro atoms. The van der Waals surface area contributed by atoms with Crippen molar-refractivity contribution in [3.63, 3.8) is 0 Å². The summed E-state index contributed by atoms with van der Waals surface area (Å²) >= 11 is 12.5. The van der Waals surface area contributed by atoms with Gasteiger partial charge in [-0.05, 0) is 35.9 Å². The molecule has 0 atom stereocenters. The molecule has 5 rings (SSSR count). The Bertz CT molecular complexity index is 1400. The fourth-order valence-corrected chi connectivity index (χ4v) is 4.17. The molecule has 0 bridgehead atoms. The first kappa shape index (κ1) is 19.8. The molecule has 2 heterocycles. The van der Waals surface area contributed by atoms with Gasteiger partial charge in [-0.1, -0.05) is 71.7 Å². The first-order valence-corrected chi connectivity index (χ1v) is 10.5. The van der Waals surface area contributed by atoms with Gasteiger partial charge in [-0.15, -0.1) is 0 Å². The van der Waals surface area contributed by atoms with Crippen molar-refractivity contribution in [2.75, 3.05) is 0 Å². The second-order valence-corrected chi connectivity index (χ2v) is 7.98. The summed E-state index contributed by atoms with van der Waals surface area (Å²) in [7, 11) is 0. The lowest BCUT2D eigenvalue weighted by atomic mass is 10.0. The van der Waals surface area contributed by atoms with Gasteiger partial charge in [-0.3, -0.25) is 0 Å². The summed E-state index contributed by atoms with van der Waals surface area (Å²) in [6, 6.07) is 24.9. The van der Waals surface area contributed by atoms with Crippen LogP contribution in [0.25, 0.3) is 39.1 Å². The molecule has 0 unspecified atom stereocenters. The first-order chi connectivity index (χ1) is 15.1. The highest BCUT2D eigenvalue weighted by Crippen LogP contribution is 2.34. The Morgan fingerprint density at radius 3 is 2.42 bits per heavy atom. The third-order valence-corrected chi connectivity index (χ3v) is 5.70. The molecule has 1 N–H and O–H groups in total. The van der Waals surface area contributed by atoms with Crippen LogP contribution in [0.15, 0.2) is 85.1 Å². The number of rotatable bonds is 4. The lowest BCUT2D eigenvalue weighted by Gasteiger charge is -2.08. The molecule has 0 aliphatic rings. The maximum absolute atomic E-state index is 9.96. The first-order valence-electron chi connectivity index (χ1n) is 9.74. The summed E-state index contributed by atoms with van der Waals surface area (Å²) in [5, 5.41) is 16.8. The van der Waals surface area contributed by atoms with Crippen molar-refractivity contribution in [3.8, 4) is 28.2 Å². The Kier molecular flexibility index (Phi) is 5.20. The highest BCUT2D eigenvalue weighted by Gasteiger charge is 2.18. The minimum absolute atomic E-state index is 0.0755. The number of pyridine rings is 1. The molecule has 0 saturated heterocycles. The number of aliphatic hydroxyl groups is 1. The van der Waals surface area contributed by atoms with Crippen LogP contribution in [0.4, 0.5) is 0 Å². The lowest BCUT2D eigenvalue weighted by molar-refractivity contribution is 0.283. The largest absolute Gasteiger partial charge is 0.392 e. The van der Waals surface area contributed by atoms with Crippen molar-refractivity contribution < 1.29 is 5.11 Å². The molecule has 4 nitrogen and oxygen atoms in total. The van der Waals surface area contributed by atoms with Gasteiger partial charge in [0.05, 0.1) is 28.5 Å². The van der Waals surface area contributed by atoms with E-state index in [1.165, 1.54) is 0 Å². The summed E-state index contributed by atoms with van der Waals surface area (Å²) in [5.74, 6) is 0. The number of aliphatic hydroxyl groups excluding tert-OH is 1. The van der Waals surface area contributed by atoms with E-state index in [4.69, 9.17) is 33.3 Å². The van der Waals surface area contributed by atoms with Crippen LogP contribution in [-0.2, 0) is 6.61 Å². The van der Waals surface area contributed by atoms with E-state index in [1.807, 2.05) is 72.9 Å². The van der Waals surface area contributed by atoms with Crippen LogP contribution in [-0.4, -0.2) is 19.9 Å². The minimum Gasteiger partial charge on any atom is -0.392 e. The molecule has 0 aliphatic heterocycles. The van der Waals surface area contributed by atoms with E-state index in [2.05, 4.69) is 0 Å². The number of benzene rings is 3. The van der Waals surface area contributed by atoms with Gasteiger partial charge < -0.3 is 5.11 Å². The van der Waals surface area contributed by atoms with Gasteiger partial charge in [-0.2, -0.15) is 5.10 Å². The molecule has 2 aromatic heterocycles. The van der Waals surface area contributed by atoms with Crippen molar-refractivity contribution in [1.82, 2.24) is 14.8 Å². The number of hydrogen-bond acceptors (Lipinski definition) is 3. The van der Waals surface area contributed by atoms with Gasteiger partial charge in [-0.25, -0.2) is 9.67 Å². The minimum atomic E-state index is -0.0755. The third kappa shape index (κ3) is 3.70. The molecule has 0 radical (unpaired) electrons.